The molecule has 16 heavy (non-hydrogen) atoms. The molecule has 1 aliphatic rings. The van der Waals surface area contributed by atoms with E-state index < -0.39 is 0 Å². The van der Waals surface area contributed by atoms with Gasteiger partial charge in [-0.15, -0.1) is 0 Å². The van der Waals surface area contributed by atoms with Crippen molar-refractivity contribution in [1.82, 2.24) is 0 Å². The molecule has 0 N–H and O–H groups in total. The van der Waals surface area contributed by atoms with Gasteiger partial charge in [-0.2, -0.15) is 0 Å². The molecule has 0 heterocycles. The summed E-state index contributed by atoms with van der Waals surface area (Å²) in [6, 6.07) is 7.80. The molecule has 0 saturated heterocycles. The molecule has 0 amide bonds. The Morgan fingerprint density at radius 1 is 1.25 bits per heavy atom. The van der Waals surface area contributed by atoms with Gasteiger partial charge in [-0.25, -0.2) is 0 Å². The van der Waals surface area contributed by atoms with Gasteiger partial charge in [0.05, 0.1) is 7.11 Å². The van der Waals surface area contributed by atoms with Gasteiger partial charge in [0.2, 0.25) is 0 Å². The van der Waals surface area contributed by atoms with Crippen LogP contribution in [-0.2, 0) is 4.79 Å². The third-order valence-corrected chi connectivity index (χ3v) is 2.89. The van der Waals surface area contributed by atoms with Crippen molar-refractivity contribution in [1.29, 1.82) is 0 Å². The maximum absolute atomic E-state index is 11.7. The smallest absolute Gasteiger partial charge is 0.158 e. The normalized spacial score (nSPS) is 18.8. The summed E-state index contributed by atoms with van der Waals surface area (Å²) in [6.07, 6.45) is 5.77. The predicted molar refractivity (Wildman–Crippen MR) is 64.4 cm³/mol. The van der Waals surface area contributed by atoms with Crippen molar-refractivity contribution in [3.8, 4) is 5.75 Å². The summed E-state index contributed by atoms with van der Waals surface area (Å²) in [6.45, 7) is 0. The number of hydrogen-bond acceptors (Lipinski definition) is 2. The summed E-state index contributed by atoms with van der Waals surface area (Å²) in [5.41, 5.74) is 2.00. The van der Waals surface area contributed by atoms with Gasteiger partial charge in [0.15, 0.2) is 5.78 Å². The van der Waals surface area contributed by atoms with Crippen LogP contribution in [0.15, 0.2) is 29.8 Å². The van der Waals surface area contributed by atoms with Gasteiger partial charge in [-0.1, -0.05) is 12.1 Å². The molecule has 0 radical (unpaired) electrons. The Balaban J connectivity index is 2.23. The summed E-state index contributed by atoms with van der Waals surface area (Å²) in [7, 11) is 1.65. The fraction of sp³-hybridized carbons (Fsp3) is 0.357. The monoisotopic (exact) mass is 216 g/mol. The number of carbonyl (C=O) groups excluding carboxylic acids is 1. The number of ether oxygens (including phenoxy) is 1. The van der Waals surface area contributed by atoms with E-state index in [4.69, 9.17) is 4.74 Å². The van der Waals surface area contributed by atoms with Gasteiger partial charge in [-0.05, 0) is 48.6 Å². The fourth-order valence-electron chi connectivity index (χ4n) is 1.99. The molecule has 2 rings (SSSR count). The Kier molecular flexibility index (Phi) is 3.40. The van der Waals surface area contributed by atoms with Crippen LogP contribution in [0, 0.1) is 0 Å². The van der Waals surface area contributed by atoms with E-state index in [2.05, 4.69) is 0 Å². The van der Waals surface area contributed by atoms with Crippen molar-refractivity contribution in [3.63, 3.8) is 0 Å². The van der Waals surface area contributed by atoms with E-state index in [1.54, 1.807) is 7.11 Å². The van der Waals surface area contributed by atoms with E-state index >= 15 is 0 Å². The summed E-state index contributed by atoms with van der Waals surface area (Å²) < 4.78 is 5.16. The molecule has 0 spiro atoms. The lowest BCUT2D eigenvalue weighted by atomic mass is 9.92. The molecule has 2 heteroatoms. The van der Waals surface area contributed by atoms with Crippen LogP contribution in [-0.4, -0.2) is 12.9 Å². The number of methoxy groups -OCH3 is 1. The summed E-state index contributed by atoms with van der Waals surface area (Å²) in [5, 5.41) is 0. The first-order valence-corrected chi connectivity index (χ1v) is 5.67. The van der Waals surface area contributed by atoms with Gasteiger partial charge >= 0.3 is 0 Å². The third-order valence-electron chi connectivity index (χ3n) is 2.89. The highest BCUT2D eigenvalue weighted by molar-refractivity contribution is 6.00. The van der Waals surface area contributed by atoms with Crippen molar-refractivity contribution in [3.05, 3.63) is 35.4 Å². The van der Waals surface area contributed by atoms with Gasteiger partial charge in [-0.3, -0.25) is 4.79 Å². The molecule has 84 valence electrons. The molecule has 1 saturated carbocycles. The summed E-state index contributed by atoms with van der Waals surface area (Å²) >= 11 is 0. The largest absolute Gasteiger partial charge is 0.497 e. The molecule has 1 aliphatic carbocycles. The highest BCUT2D eigenvalue weighted by atomic mass is 16.5. The highest BCUT2D eigenvalue weighted by Gasteiger charge is 2.14. The van der Waals surface area contributed by atoms with Gasteiger partial charge in [0, 0.05) is 6.42 Å². The Morgan fingerprint density at radius 2 is 2.06 bits per heavy atom. The standard InChI is InChI=1S/C14H16O2/c1-16-13-7-4-5-11(10-13)9-12-6-2-3-8-14(12)15/h4-5,7,9-10H,2-3,6,8H2,1H3. The second-order valence-electron chi connectivity index (χ2n) is 4.08. The van der Waals surface area contributed by atoms with Crippen molar-refractivity contribution in [2.24, 2.45) is 0 Å². The SMILES string of the molecule is COc1cccc(C=C2CCCCC2=O)c1. The van der Waals surface area contributed by atoms with Crippen LogP contribution in [0.3, 0.4) is 0 Å². The van der Waals surface area contributed by atoms with Crippen molar-refractivity contribution in [2.75, 3.05) is 7.11 Å². The van der Waals surface area contributed by atoms with E-state index in [1.165, 1.54) is 0 Å². The van der Waals surface area contributed by atoms with Crippen LogP contribution in [0.1, 0.15) is 31.2 Å². The number of allylic oxidation sites excluding steroid dienone is 1. The van der Waals surface area contributed by atoms with Crippen molar-refractivity contribution in [2.45, 2.75) is 25.7 Å². The molecule has 0 unspecified atom stereocenters. The second kappa shape index (κ2) is 4.97. The maximum atomic E-state index is 11.7. The van der Waals surface area contributed by atoms with E-state index in [-0.39, 0.29) is 0 Å². The minimum atomic E-state index is 0.300. The highest BCUT2D eigenvalue weighted by Crippen LogP contribution is 2.23. The minimum Gasteiger partial charge on any atom is -0.497 e. The van der Waals surface area contributed by atoms with Gasteiger partial charge < -0.3 is 4.74 Å². The third kappa shape index (κ3) is 2.51. The molecule has 0 aromatic heterocycles. The average Bonchev–Trinajstić information content (AvgIpc) is 2.32. The molecular formula is C14H16O2. The first-order chi connectivity index (χ1) is 7.79. The van der Waals surface area contributed by atoms with Crippen LogP contribution in [0.4, 0.5) is 0 Å². The molecule has 0 atom stereocenters. The zero-order valence-electron chi connectivity index (χ0n) is 9.53. The first kappa shape index (κ1) is 10.9. The molecule has 0 bridgehead atoms. The summed E-state index contributed by atoms with van der Waals surface area (Å²) in [5.74, 6) is 1.13. The fourth-order valence-corrected chi connectivity index (χ4v) is 1.99. The molecule has 1 fully saturated rings. The Labute approximate surface area is 95.9 Å². The summed E-state index contributed by atoms with van der Waals surface area (Å²) in [4.78, 5) is 11.7. The number of hydrogen-bond donors (Lipinski definition) is 0. The van der Waals surface area contributed by atoms with E-state index in [0.717, 1.165) is 36.1 Å². The molecular weight excluding hydrogens is 200 g/mol. The lowest BCUT2D eigenvalue weighted by molar-refractivity contribution is -0.116. The van der Waals surface area contributed by atoms with Crippen LogP contribution >= 0.6 is 0 Å². The zero-order valence-corrected chi connectivity index (χ0v) is 9.53. The minimum absolute atomic E-state index is 0.300. The van der Waals surface area contributed by atoms with Gasteiger partial charge in [0.25, 0.3) is 0 Å². The molecule has 2 nitrogen and oxygen atoms in total. The van der Waals surface area contributed by atoms with Crippen LogP contribution < -0.4 is 4.74 Å². The Morgan fingerprint density at radius 3 is 2.81 bits per heavy atom. The lowest BCUT2D eigenvalue weighted by Gasteiger charge is -2.12. The van der Waals surface area contributed by atoms with Crippen molar-refractivity contribution < 1.29 is 9.53 Å². The predicted octanol–water partition coefficient (Wildman–Crippen LogP) is 3.22. The number of Topliss-reactive ketones (excluding diaryl/α,β-unsaturated/α-hetero) is 1. The number of carbonyl (C=O) groups is 1. The van der Waals surface area contributed by atoms with E-state index in [9.17, 15) is 4.79 Å². The van der Waals surface area contributed by atoms with Crippen LogP contribution in [0.5, 0.6) is 5.75 Å². The molecule has 1 aromatic rings. The molecule has 0 aliphatic heterocycles. The lowest BCUT2D eigenvalue weighted by Crippen LogP contribution is -2.07. The van der Waals surface area contributed by atoms with Crippen LogP contribution in [0.25, 0.3) is 6.08 Å². The number of benzene rings is 1. The topological polar surface area (TPSA) is 26.3 Å². The van der Waals surface area contributed by atoms with Crippen LogP contribution in [0.2, 0.25) is 0 Å². The zero-order chi connectivity index (χ0) is 11.4. The van der Waals surface area contributed by atoms with Gasteiger partial charge in [0.1, 0.15) is 5.75 Å². The van der Waals surface area contributed by atoms with Crippen molar-refractivity contribution >= 4 is 11.9 Å². The number of rotatable bonds is 2. The average molecular weight is 216 g/mol. The maximum Gasteiger partial charge on any atom is 0.158 e. The second-order valence-corrected chi connectivity index (χ2v) is 4.08. The van der Waals surface area contributed by atoms with E-state index in [0.29, 0.717) is 12.2 Å². The quantitative estimate of drug-likeness (QED) is 0.709. The Hall–Kier alpha value is -1.57. The number of ketones is 1. The first-order valence-electron chi connectivity index (χ1n) is 5.67. The molecule has 1 aromatic carbocycles. The van der Waals surface area contributed by atoms with E-state index in [1.807, 2.05) is 30.3 Å². The Bertz CT molecular complexity index is 418.